The van der Waals surface area contributed by atoms with Gasteiger partial charge in [0.1, 0.15) is 0 Å². The Bertz CT molecular complexity index is 465. The lowest BCUT2D eigenvalue weighted by Gasteiger charge is -2.17. The second kappa shape index (κ2) is 4.34. The molecule has 1 aliphatic carbocycles. The third kappa shape index (κ3) is 2.11. The Balaban J connectivity index is 1.66. The maximum Gasteiger partial charge on any atom is 0.0518 e. The number of hydrogen-bond acceptors (Lipinski definition) is 2. The molecule has 0 aliphatic heterocycles. The minimum atomic E-state index is 0.330. The SMILES string of the molecule is CC(NC1Cc2ccccc2C1)c1ccn[nH]1. The van der Waals surface area contributed by atoms with Gasteiger partial charge in [-0.05, 0) is 37.0 Å². The number of rotatable bonds is 3. The molecule has 0 saturated carbocycles. The molecule has 1 heterocycles. The summed E-state index contributed by atoms with van der Waals surface area (Å²) >= 11 is 0. The van der Waals surface area contributed by atoms with Crippen molar-refractivity contribution < 1.29 is 0 Å². The zero-order valence-electron chi connectivity index (χ0n) is 9.98. The molecule has 1 unspecified atom stereocenters. The monoisotopic (exact) mass is 227 g/mol. The second-order valence-electron chi connectivity index (χ2n) is 4.77. The molecular weight excluding hydrogens is 210 g/mol. The number of hydrogen-bond donors (Lipinski definition) is 2. The topological polar surface area (TPSA) is 40.7 Å². The van der Waals surface area contributed by atoms with Crippen LogP contribution in [0.2, 0.25) is 0 Å². The third-order valence-corrected chi connectivity index (χ3v) is 3.53. The van der Waals surface area contributed by atoms with Crippen LogP contribution in [0.5, 0.6) is 0 Å². The van der Waals surface area contributed by atoms with E-state index in [9.17, 15) is 0 Å². The minimum Gasteiger partial charge on any atom is -0.305 e. The van der Waals surface area contributed by atoms with Gasteiger partial charge in [-0.25, -0.2) is 0 Å². The zero-order valence-corrected chi connectivity index (χ0v) is 9.98. The number of aromatic nitrogens is 2. The molecule has 0 fully saturated rings. The molecule has 0 bridgehead atoms. The van der Waals surface area contributed by atoms with E-state index in [-0.39, 0.29) is 0 Å². The van der Waals surface area contributed by atoms with Gasteiger partial charge in [0.05, 0.1) is 5.69 Å². The van der Waals surface area contributed by atoms with Gasteiger partial charge in [0.15, 0.2) is 0 Å². The quantitative estimate of drug-likeness (QED) is 0.844. The van der Waals surface area contributed by atoms with Crippen molar-refractivity contribution in [3.8, 4) is 0 Å². The molecule has 1 aromatic heterocycles. The molecule has 0 spiro atoms. The van der Waals surface area contributed by atoms with E-state index in [0.29, 0.717) is 12.1 Å². The standard InChI is InChI=1S/C14H17N3/c1-10(14-6-7-15-17-14)16-13-8-11-4-2-3-5-12(11)9-13/h2-7,10,13,16H,8-9H2,1H3,(H,15,17). The van der Waals surface area contributed by atoms with Crippen molar-refractivity contribution in [3.63, 3.8) is 0 Å². The van der Waals surface area contributed by atoms with Crippen LogP contribution in [0.25, 0.3) is 0 Å². The zero-order chi connectivity index (χ0) is 11.7. The fourth-order valence-corrected chi connectivity index (χ4v) is 2.63. The van der Waals surface area contributed by atoms with Crippen molar-refractivity contribution in [2.45, 2.75) is 31.8 Å². The molecule has 2 N–H and O–H groups in total. The smallest absolute Gasteiger partial charge is 0.0518 e. The van der Waals surface area contributed by atoms with E-state index in [1.165, 1.54) is 11.1 Å². The summed E-state index contributed by atoms with van der Waals surface area (Å²) in [7, 11) is 0. The van der Waals surface area contributed by atoms with Crippen molar-refractivity contribution >= 4 is 0 Å². The Hall–Kier alpha value is -1.61. The number of fused-ring (bicyclic) bond motifs is 1. The predicted molar refractivity (Wildman–Crippen MR) is 67.8 cm³/mol. The summed E-state index contributed by atoms with van der Waals surface area (Å²) in [5, 5.41) is 10.7. The molecule has 88 valence electrons. The van der Waals surface area contributed by atoms with Crippen LogP contribution in [0.4, 0.5) is 0 Å². The van der Waals surface area contributed by atoms with E-state index < -0.39 is 0 Å². The van der Waals surface area contributed by atoms with Crippen LogP contribution >= 0.6 is 0 Å². The van der Waals surface area contributed by atoms with Gasteiger partial charge in [0, 0.05) is 18.3 Å². The van der Waals surface area contributed by atoms with Crippen LogP contribution in [0.1, 0.15) is 29.8 Å². The average Bonchev–Trinajstić information content (AvgIpc) is 2.97. The summed E-state index contributed by atoms with van der Waals surface area (Å²) in [6, 6.07) is 11.6. The summed E-state index contributed by atoms with van der Waals surface area (Å²) in [6.07, 6.45) is 4.07. The van der Waals surface area contributed by atoms with Gasteiger partial charge >= 0.3 is 0 Å². The van der Waals surface area contributed by atoms with E-state index in [0.717, 1.165) is 18.5 Å². The maximum atomic E-state index is 3.99. The van der Waals surface area contributed by atoms with Gasteiger partial charge < -0.3 is 5.32 Å². The molecule has 3 rings (SSSR count). The molecule has 1 aromatic carbocycles. The summed E-state index contributed by atoms with van der Waals surface area (Å²) in [5.41, 5.74) is 4.13. The predicted octanol–water partition coefficient (Wildman–Crippen LogP) is 2.23. The summed E-state index contributed by atoms with van der Waals surface area (Å²) in [5.74, 6) is 0. The fraction of sp³-hybridized carbons (Fsp3) is 0.357. The first-order chi connectivity index (χ1) is 8.33. The normalized spacial score (nSPS) is 17.0. The van der Waals surface area contributed by atoms with Gasteiger partial charge in [-0.15, -0.1) is 0 Å². The highest BCUT2D eigenvalue weighted by molar-refractivity contribution is 5.33. The van der Waals surface area contributed by atoms with E-state index in [4.69, 9.17) is 0 Å². The van der Waals surface area contributed by atoms with Crippen molar-refractivity contribution in [2.75, 3.05) is 0 Å². The Kier molecular flexibility index (Phi) is 2.69. The van der Waals surface area contributed by atoms with Crippen LogP contribution in [-0.4, -0.2) is 16.2 Å². The molecule has 0 saturated heterocycles. The average molecular weight is 227 g/mol. The highest BCUT2D eigenvalue weighted by Crippen LogP contribution is 2.23. The Morgan fingerprint density at radius 2 is 1.94 bits per heavy atom. The first kappa shape index (κ1) is 10.5. The van der Waals surface area contributed by atoms with Crippen molar-refractivity contribution in [1.82, 2.24) is 15.5 Å². The van der Waals surface area contributed by atoms with E-state index in [1.54, 1.807) is 6.20 Å². The van der Waals surface area contributed by atoms with Gasteiger partial charge in [-0.1, -0.05) is 24.3 Å². The first-order valence-corrected chi connectivity index (χ1v) is 6.15. The van der Waals surface area contributed by atoms with Crippen LogP contribution in [-0.2, 0) is 12.8 Å². The number of aromatic amines is 1. The van der Waals surface area contributed by atoms with Crippen molar-refractivity contribution in [1.29, 1.82) is 0 Å². The summed E-state index contributed by atoms with van der Waals surface area (Å²) < 4.78 is 0. The van der Waals surface area contributed by atoms with E-state index in [2.05, 4.69) is 46.7 Å². The third-order valence-electron chi connectivity index (χ3n) is 3.53. The molecule has 17 heavy (non-hydrogen) atoms. The van der Waals surface area contributed by atoms with Crippen LogP contribution in [0.3, 0.4) is 0 Å². The minimum absolute atomic E-state index is 0.330. The van der Waals surface area contributed by atoms with Gasteiger partial charge in [0.25, 0.3) is 0 Å². The van der Waals surface area contributed by atoms with Crippen LogP contribution in [0, 0.1) is 0 Å². The molecule has 1 atom stereocenters. The Morgan fingerprint density at radius 1 is 1.24 bits per heavy atom. The summed E-state index contributed by atoms with van der Waals surface area (Å²) in [4.78, 5) is 0. The highest BCUT2D eigenvalue weighted by Gasteiger charge is 2.22. The molecule has 0 amide bonds. The number of H-pyrrole nitrogens is 1. The maximum absolute atomic E-state index is 3.99. The lowest BCUT2D eigenvalue weighted by Crippen LogP contribution is -2.32. The molecule has 0 radical (unpaired) electrons. The molecule has 1 aliphatic rings. The lowest BCUT2D eigenvalue weighted by atomic mass is 10.1. The molecule has 3 nitrogen and oxygen atoms in total. The molecular formula is C14H17N3. The highest BCUT2D eigenvalue weighted by atomic mass is 15.1. The number of nitrogens with zero attached hydrogens (tertiary/aromatic N) is 1. The van der Waals surface area contributed by atoms with Crippen molar-refractivity contribution in [2.24, 2.45) is 0 Å². The summed E-state index contributed by atoms with van der Waals surface area (Å²) in [6.45, 7) is 2.18. The van der Waals surface area contributed by atoms with Crippen molar-refractivity contribution in [3.05, 3.63) is 53.3 Å². The van der Waals surface area contributed by atoms with E-state index in [1.807, 2.05) is 6.07 Å². The number of nitrogens with one attached hydrogen (secondary N) is 2. The first-order valence-electron chi connectivity index (χ1n) is 6.15. The molecule has 3 heteroatoms. The van der Waals surface area contributed by atoms with Crippen LogP contribution in [0.15, 0.2) is 36.5 Å². The van der Waals surface area contributed by atoms with E-state index >= 15 is 0 Å². The fourth-order valence-electron chi connectivity index (χ4n) is 2.63. The number of benzene rings is 1. The lowest BCUT2D eigenvalue weighted by molar-refractivity contribution is 0.460. The van der Waals surface area contributed by atoms with Gasteiger partial charge in [-0.3, -0.25) is 5.10 Å². The Morgan fingerprint density at radius 3 is 2.53 bits per heavy atom. The Labute approximate surface area is 101 Å². The molecule has 2 aromatic rings. The van der Waals surface area contributed by atoms with Gasteiger partial charge in [0.2, 0.25) is 0 Å². The van der Waals surface area contributed by atoms with Crippen LogP contribution < -0.4 is 5.32 Å². The second-order valence-corrected chi connectivity index (χ2v) is 4.77. The van der Waals surface area contributed by atoms with Gasteiger partial charge in [-0.2, -0.15) is 5.10 Å². The largest absolute Gasteiger partial charge is 0.305 e.